The number of nitrogens with zero attached hydrogens (tertiary/aromatic N) is 1. The molecule has 2 saturated carbocycles. The van der Waals surface area contributed by atoms with Crippen LogP contribution in [0.4, 0.5) is 5.69 Å². The molecular formula is C27H27ClN2O5. The first kappa shape index (κ1) is 23.5. The molecule has 0 radical (unpaired) electrons. The number of anilines is 1. The van der Waals surface area contributed by atoms with Crippen LogP contribution in [-0.4, -0.2) is 41.2 Å². The van der Waals surface area contributed by atoms with E-state index in [0.29, 0.717) is 10.7 Å². The average Bonchev–Trinajstić information content (AvgIpc) is 3.53. The summed E-state index contributed by atoms with van der Waals surface area (Å²) in [6, 6.07) is 13.2. The van der Waals surface area contributed by atoms with Gasteiger partial charge in [0.15, 0.2) is 6.61 Å². The average molecular weight is 495 g/mol. The number of carbonyl (C=O) groups excluding carboxylic acids is 4. The largest absolute Gasteiger partial charge is 0.454 e. The maximum absolute atomic E-state index is 13.4. The molecule has 35 heavy (non-hydrogen) atoms. The number of aryl methyl sites for hydroxylation is 1. The number of halogens is 1. The van der Waals surface area contributed by atoms with Gasteiger partial charge >= 0.3 is 5.97 Å². The quantitative estimate of drug-likeness (QED) is 0.467. The molecule has 182 valence electrons. The Labute approximate surface area is 208 Å². The minimum atomic E-state index is -1.11. The molecule has 2 aromatic carbocycles. The van der Waals surface area contributed by atoms with Crippen LogP contribution >= 0.6 is 11.6 Å². The highest BCUT2D eigenvalue weighted by Gasteiger charge is 2.62. The molecule has 8 heteroatoms. The van der Waals surface area contributed by atoms with Gasteiger partial charge in [0.1, 0.15) is 6.04 Å². The number of fused-ring (bicyclic) bond motifs is 5. The van der Waals surface area contributed by atoms with Gasteiger partial charge in [0, 0.05) is 17.1 Å². The van der Waals surface area contributed by atoms with E-state index in [-0.39, 0.29) is 41.9 Å². The summed E-state index contributed by atoms with van der Waals surface area (Å²) in [5.41, 5.74) is 2.13. The molecule has 1 N–H and O–H groups in total. The van der Waals surface area contributed by atoms with Gasteiger partial charge in [0.2, 0.25) is 11.8 Å². The van der Waals surface area contributed by atoms with Crippen LogP contribution in [0.3, 0.4) is 0 Å². The summed E-state index contributed by atoms with van der Waals surface area (Å²) in [5.74, 6) is -2.08. The molecule has 1 aliphatic heterocycles. The lowest BCUT2D eigenvalue weighted by Crippen LogP contribution is -2.48. The van der Waals surface area contributed by atoms with E-state index < -0.39 is 24.5 Å². The zero-order chi connectivity index (χ0) is 24.7. The van der Waals surface area contributed by atoms with Crippen molar-refractivity contribution in [2.45, 2.75) is 38.6 Å². The zero-order valence-electron chi connectivity index (χ0n) is 19.4. The maximum Gasteiger partial charge on any atom is 0.330 e. The molecule has 7 nitrogen and oxygen atoms in total. The number of hydrogen-bond donors (Lipinski definition) is 1. The number of carbonyl (C=O) groups is 4. The molecule has 3 amide bonds. The second-order valence-electron chi connectivity index (χ2n) is 9.75. The predicted molar refractivity (Wildman–Crippen MR) is 129 cm³/mol. The van der Waals surface area contributed by atoms with E-state index in [1.165, 1.54) is 0 Å². The first-order valence-electron chi connectivity index (χ1n) is 12.0. The Hall–Kier alpha value is -3.19. The van der Waals surface area contributed by atoms with Gasteiger partial charge in [-0.2, -0.15) is 0 Å². The lowest BCUT2D eigenvalue weighted by atomic mass is 9.81. The van der Waals surface area contributed by atoms with Crippen LogP contribution < -0.4 is 5.32 Å². The van der Waals surface area contributed by atoms with E-state index in [9.17, 15) is 19.2 Å². The number of hydrogen-bond acceptors (Lipinski definition) is 5. The van der Waals surface area contributed by atoms with Crippen molar-refractivity contribution < 1.29 is 23.9 Å². The molecule has 5 rings (SSSR count). The monoisotopic (exact) mass is 494 g/mol. The van der Waals surface area contributed by atoms with E-state index in [0.717, 1.165) is 35.3 Å². The fourth-order valence-corrected chi connectivity index (χ4v) is 6.18. The van der Waals surface area contributed by atoms with Gasteiger partial charge in [-0.05, 0) is 61.3 Å². The smallest absolute Gasteiger partial charge is 0.330 e. The fourth-order valence-electron chi connectivity index (χ4n) is 6.00. The highest BCUT2D eigenvalue weighted by molar-refractivity contribution is 6.31. The zero-order valence-corrected chi connectivity index (χ0v) is 20.2. The van der Waals surface area contributed by atoms with Crippen molar-refractivity contribution >= 4 is 41.0 Å². The van der Waals surface area contributed by atoms with Crippen LogP contribution in [-0.2, 0) is 30.3 Å². The summed E-state index contributed by atoms with van der Waals surface area (Å²) < 4.78 is 5.35. The molecule has 2 aromatic rings. The summed E-state index contributed by atoms with van der Waals surface area (Å²) in [6.07, 6.45) is 2.96. The second-order valence-corrected chi connectivity index (χ2v) is 10.2. The van der Waals surface area contributed by atoms with Gasteiger partial charge < -0.3 is 10.1 Å². The molecule has 1 saturated heterocycles. The van der Waals surface area contributed by atoms with Gasteiger partial charge in [0.25, 0.3) is 5.91 Å². The van der Waals surface area contributed by atoms with Gasteiger partial charge in [-0.25, -0.2) is 4.79 Å². The molecule has 2 aliphatic carbocycles. The van der Waals surface area contributed by atoms with Crippen molar-refractivity contribution in [1.29, 1.82) is 0 Å². The highest BCUT2D eigenvalue weighted by Crippen LogP contribution is 2.56. The topological polar surface area (TPSA) is 92.8 Å². The van der Waals surface area contributed by atoms with E-state index in [4.69, 9.17) is 16.3 Å². The Morgan fingerprint density at radius 3 is 2.37 bits per heavy atom. The van der Waals surface area contributed by atoms with Gasteiger partial charge in [-0.3, -0.25) is 19.3 Å². The molecule has 5 atom stereocenters. The summed E-state index contributed by atoms with van der Waals surface area (Å²) in [5, 5.41) is 3.16. The Morgan fingerprint density at radius 2 is 1.71 bits per heavy atom. The Kier molecular flexibility index (Phi) is 6.36. The first-order valence-corrected chi connectivity index (χ1v) is 12.3. The maximum atomic E-state index is 13.4. The van der Waals surface area contributed by atoms with Crippen LogP contribution in [0.1, 0.15) is 30.4 Å². The number of likely N-dealkylation sites (tertiary alicyclic amines) is 1. The van der Waals surface area contributed by atoms with Crippen molar-refractivity contribution in [3.8, 4) is 0 Å². The second kappa shape index (κ2) is 9.46. The molecule has 2 bridgehead atoms. The van der Waals surface area contributed by atoms with Crippen molar-refractivity contribution in [1.82, 2.24) is 4.90 Å². The fraction of sp³-hybridized carbons (Fsp3) is 0.407. The molecule has 3 aliphatic rings. The summed E-state index contributed by atoms with van der Waals surface area (Å²) in [6.45, 7) is 1.28. The van der Waals surface area contributed by atoms with Crippen LogP contribution in [0.2, 0.25) is 5.02 Å². The Morgan fingerprint density at radius 1 is 1.06 bits per heavy atom. The van der Waals surface area contributed by atoms with Crippen LogP contribution in [0, 0.1) is 30.6 Å². The van der Waals surface area contributed by atoms with Crippen molar-refractivity contribution in [2.75, 3.05) is 11.9 Å². The van der Waals surface area contributed by atoms with E-state index in [2.05, 4.69) is 5.32 Å². The number of benzene rings is 2. The van der Waals surface area contributed by atoms with Crippen LogP contribution in [0.5, 0.6) is 0 Å². The number of esters is 1. The molecule has 1 heterocycles. The molecule has 0 spiro atoms. The van der Waals surface area contributed by atoms with Crippen molar-refractivity contribution in [3.63, 3.8) is 0 Å². The van der Waals surface area contributed by atoms with Crippen molar-refractivity contribution in [3.05, 3.63) is 64.7 Å². The van der Waals surface area contributed by atoms with Crippen LogP contribution in [0.15, 0.2) is 48.5 Å². The number of rotatable bonds is 7. The Bertz CT molecular complexity index is 1160. The first-order chi connectivity index (χ1) is 16.8. The molecule has 0 unspecified atom stereocenters. The minimum Gasteiger partial charge on any atom is -0.454 e. The minimum absolute atomic E-state index is 0.140. The van der Waals surface area contributed by atoms with Gasteiger partial charge in [0.05, 0.1) is 11.8 Å². The third-order valence-electron chi connectivity index (χ3n) is 7.64. The lowest BCUT2D eigenvalue weighted by molar-refractivity contribution is -0.160. The van der Waals surface area contributed by atoms with E-state index in [1.807, 2.05) is 37.3 Å². The Balaban J connectivity index is 1.32. The van der Waals surface area contributed by atoms with Gasteiger partial charge in [-0.15, -0.1) is 0 Å². The van der Waals surface area contributed by atoms with Crippen molar-refractivity contribution in [2.24, 2.45) is 23.7 Å². The third-order valence-corrected chi connectivity index (χ3v) is 7.87. The summed E-state index contributed by atoms with van der Waals surface area (Å²) >= 11 is 6.01. The summed E-state index contributed by atoms with van der Waals surface area (Å²) in [7, 11) is 0. The standard InChI is InChI=1S/C27H27ClN2O5/c1-15-7-10-19(28)13-20(15)29-22(31)14-35-27(34)21(11-16-5-3-2-4-6-16)30-25(32)23-17-8-9-18(12-17)24(23)26(30)33/h2-7,10,13,17-18,21,23-24H,8-9,11-12,14H2,1H3,(H,29,31)/t17-,18-,21+,23-,24+/m0/s1. The predicted octanol–water partition coefficient (Wildman–Crippen LogP) is 3.77. The van der Waals surface area contributed by atoms with Gasteiger partial charge in [-0.1, -0.05) is 48.0 Å². The number of nitrogens with one attached hydrogen (secondary N) is 1. The highest BCUT2D eigenvalue weighted by atomic mass is 35.5. The lowest BCUT2D eigenvalue weighted by Gasteiger charge is -2.26. The number of ether oxygens (including phenoxy) is 1. The number of amides is 3. The molecular weight excluding hydrogens is 468 g/mol. The van der Waals surface area contributed by atoms with E-state index >= 15 is 0 Å². The molecule has 0 aromatic heterocycles. The van der Waals surface area contributed by atoms with E-state index in [1.54, 1.807) is 18.2 Å². The molecule has 3 fully saturated rings. The third kappa shape index (κ3) is 4.45. The summed E-state index contributed by atoms with van der Waals surface area (Å²) in [4.78, 5) is 53.6. The SMILES string of the molecule is Cc1ccc(Cl)cc1NC(=O)COC(=O)[C@@H](Cc1ccccc1)N1C(=O)[C@@H]2[C@H]3CC[C@@H](C3)[C@@H]2C1=O. The number of imide groups is 1. The normalized spacial score (nSPS) is 25.5. The van der Waals surface area contributed by atoms with Crippen LogP contribution in [0.25, 0.3) is 0 Å².